The van der Waals surface area contributed by atoms with Crippen LogP contribution in [0, 0.1) is 17.5 Å². The lowest BCUT2D eigenvalue weighted by Gasteiger charge is -2.40. The molecular formula is C23H17F6N5O2. The van der Waals surface area contributed by atoms with E-state index in [1.54, 1.807) is 0 Å². The van der Waals surface area contributed by atoms with Crippen molar-refractivity contribution in [2.24, 2.45) is 0 Å². The van der Waals surface area contributed by atoms with Crippen LogP contribution < -0.4 is 26.0 Å². The quantitative estimate of drug-likeness (QED) is 0.398. The summed E-state index contributed by atoms with van der Waals surface area (Å²) in [4.78, 5) is 30.2. The Kier molecular flexibility index (Phi) is 5.66. The number of anilines is 4. The molecule has 0 aliphatic carbocycles. The SMILES string of the molecule is O=C1c2cc(F)c(C(F)(F)F)cc2N2CN1c1ccc(=O)[nH]c1NCCNCc1c2ccc(F)c1F. The second-order valence-electron chi connectivity index (χ2n) is 8.20. The first-order valence-electron chi connectivity index (χ1n) is 10.7. The van der Waals surface area contributed by atoms with Crippen molar-refractivity contribution in [3.8, 4) is 0 Å². The molecule has 0 unspecified atom stereocenters. The van der Waals surface area contributed by atoms with Crippen LogP contribution in [0.5, 0.6) is 0 Å². The summed E-state index contributed by atoms with van der Waals surface area (Å²) in [6.45, 7) is -0.204. The molecule has 1 aromatic heterocycles. The van der Waals surface area contributed by atoms with Crippen LogP contribution in [0.3, 0.4) is 0 Å². The molecule has 3 N–H and O–H groups in total. The van der Waals surface area contributed by atoms with Crippen molar-refractivity contribution in [3.05, 3.63) is 80.9 Å². The molecule has 0 radical (unpaired) electrons. The molecule has 7 nitrogen and oxygen atoms in total. The van der Waals surface area contributed by atoms with Gasteiger partial charge in [-0.25, -0.2) is 13.2 Å². The molecule has 2 aromatic carbocycles. The van der Waals surface area contributed by atoms with Gasteiger partial charge in [-0.3, -0.25) is 14.5 Å². The Balaban J connectivity index is 1.80. The first-order valence-corrected chi connectivity index (χ1v) is 10.7. The van der Waals surface area contributed by atoms with E-state index >= 15 is 0 Å². The molecule has 2 aliphatic heterocycles. The molecule has 1 amide bonds. The number of amides is 1. The Morgan fingerprint density at radius 2 is 1.58 bits per heavy atom. The van der Waals surface area contributed by atoms with Crippen LogP contribution in [0.1, 0.15) is 21.5 Å². The van der Waals surface area contributed by atoms with Crippen LogP contribution in [-0.2, 0) is 12.7 Å². The van der Waals surface area contributed by atoms with Crippen LogP contribution in [0.2, 0.25) is 0 Å². The van der Waals surface area contributed by atoms with Gasteiger partial charge in [-0.1, -0.05) is 0 Å². The van der Waals surface area contributed by atoms with Crippen molar-refractivity contribution >= 4 is 28.8 Å². The van der Waals surface area contributed by atoms with Crippen molar-refractivity contribution in [2.45, 2.75) is 12.7 Å². The number of hydrogen-bond acceptors (Lipinski definition) is 5. The highest BCUT2D eigenvalue weighted by Gasteiger charge is 2.40. The molecule has 0 saturated heterocycles. The average Bonchev–Trinajstić information content (AvgIpc) is 2.81. The zero-order chi connectivity index (χ0) is 25.8. The molecule has 188 valence electrons. The number of aromatic nitrogens is 1. The van der Waals surface area contributed by atoms with Crippen LogP contribution in [0.15, 0.2) is 41.2 Å². The molecule has 36 heavy (non-hydrogen) atoms. The number of halogens is 6. The minimum atomic E-state index is -5.07. The molecule has 2 bridgehead atoms. The maximum atomic E-state index is 14.9. The van der Waals surface area contributed by atoms with E-state index in [-0.39, 0.29) is 48.1 Å². The van der Waals surface area contributed by atoms with E-state index in [1.807, 2.05) is 0 Å². The number of hydrogen-bond donors (Lipinski definition) is 3. The number of H-pyrrole nitrogens is 1. The Labute approximate surface area is 199 Å². The lowest BCUT2D eigenvalue weighted by Crippen LogP contribution is -2.46. The van der Waals surface area contributed by atoms with Gasteiger partial charge in [-0.2, -0.15) is 13.2 Å². The number of pyridine rings is 1. The maximum Gasteiger partial charge on any atom is 0.419 e. The van der Waals surface area contributed by atoms with Gasteiger partial charge >= 0.3 is 6.18 Å². The fourth-order valence-electron chi connectivity index (χ4n) is 4.31. The predicted molar refractivity (Wildman–Crippen MR) is 119 cm³/mol. The minimum Gasteiger partial charge on any atom is -0.369 e. The number of carbonyl (C=O) groups excluding carboxylic acids is 1. The Hall–Kier alpha value is -4.00. The number of nitrogens with one attached hydrogen (secondary N) is 3. The Bertz CT molecular complexity index is 1440. The van der Waals surface area contributed by atoms with Gasteiger partial charge in [-0.15, -0.1) is 0 Å². The topological polar surface area (TPSA) is 80.5 Å². The zero-order valence-electron chi connectivity index (χ0n) is 18.3. The normalized spacial score (nSPS) is 15.8. The van der Waals surface area contributed by atoms with E-state index in [0.29, 0.717) is 12.1 Å². The van der Waals surface area contributed by atoms with Crippen molar-refractivity contribution in [1.82, 2.24) is 10.3 Å². The molecule has 13 heteroatoms. The number of nitrogens with zero attached hydrogens (tertiary/aromatic N) is 2. The van der Waals surface area contributed by atoms with E-state index < -0.39 is 52.9 Å². The van der Waals surface area contributed by atoms with Crippen molar-refractivity contribution < 1.29 is 31.1 Å². The summed E-state index contributed by atoms with van der Waals surface area (Å²) in [5.41, 5.74) is -2.89. The second kappa shape index (κ2) is 8.59. The summed E-state index contributed by atoms with van der Waals surface area (Å²) in [5, 5.41) is 5.85. The van der Waals surface area contributed by atoms with Crippen LogP contribution >= 0.6 is 0 Å². The van der Waals surface area contributed by atoms with Gasteiger partial charge in [0.1, 0.15) is 18.3 Å². The molecule has 0 saturated carbocycles. The van der Waals surface area contributed by atoms with Gasteiger partial charge in [0, 0.05) is 31.3 Å². The Morgan fingerprint density at radius 1 is 0.833 bits per heavy atom. The first kappa shape index (κ1) is 23.7. The van der Waals surface area contributed by atoms with Gasteiger partial charge in [0.2, 0.25) is 5.56 Å². The molecule has 0 fully saturated rings. The average molecular weight is 509 g/mol. The summed E-state index contributed by atoms with van der Waals surface area (Å²) in [6.07, 6.45) is -5.07. The summed E-state index contributed by atoms with van der Waals surface area (Å²) in [7, 11) is 0. The first-order chi connectivity index (χ1) is 17.1. The number of carbonyl (C=O) groups is 1. The fraction of sp³-hybridized carbons (Fsp3) is 0.217. The monoisotopic (exact) mass is 509 g/mol. The molecule has 3 aromatic rings. The third kappa shape index (κ3) is 3.94. The van der Waals surface area contributed by atoms with Crippen molar-refractivity contribution in [1.29, 1.82) is 0 Å². The lowest BCUT2D eigenvalue weighted by atomic mass is 10.0. The summed E-state index contributed by atoms with van der Waals surface area (Å²) < 4.78 is 84.2. The summed E-state index contributed by atoms with van der Waals surface area (Å²) >= 11 is 0. The molecule has 0 spiro atoms. The zero-order valence-corrected chi connectivity index (χ0v) is 18.3. The van der Waals surface area contributed by atoms with E-state index in [0.717, 1.165) is 17.0 Å². The summed E-state index contributed by atoms with van der Waals surface area (Å²) in [5.74, 6) is -4.73. The highest BCUT2D eigenvalue weighted by Crippen LogP contribution is 2.43. The van der Waals surface area contributed by atoms with Crippen LogP contribution in [0.25, 0.3) is 0 Å². The second-order valence-corrected chi connectivity index (χ2v) is 8.20. The van der Waals surface area contributed by atoms with E-state index in [2.05, 4.69) is 15.6 Å². The Morgan fingerprint density at radius 3 is 2.33 bits per heavy atom. The predicted octanol–water partition coefficient (Wildman–Crippen LogP) is 4.08. The third-order valence-electron chi connectivity index (χ3n) is 6.00. The number of aromatic amines is 1. The smallest absolute Gasteiger partial charge is 0.369 e. The van der Waals surface area contributed by atoms with E-state index in [9.17, 15) is 35.9 Å². The number of alkyl halides is 3. The minimum absolute atomic E-state index is 0.0145. The maximum absolute atomic E-state index is 14.9. The van der Waals surface area contributed by atoms with Crippen molar-refractivity contribution in [2.75, 3.05) is 34.9 Å². The van der Waals surface area contributed by atoms with Crippen LogP contribution in [0.4, 0.5) is 49.2 Å². The molecule has 3 heterocycles. The number of benzene rings is 2. The lowest BCUT2D eigenvalue weighted by molar-refractivity contribution is -0.139. The van der Waals surface area contributed by atoms with E-state index in [4.69, 9.17) is 0 Å². The van der Waals surface area contributed by atoms with Gasteiger partial charge < -0.3 is 20.5 Å². The largest absolute Gasteiger partial charge is 0.419 e. The van der Waals surface area contributed by atoms with Crippen LogP contribution in [-0.4, -0.2) is 30.6 Å². The highest BCUT2D eigenvalue weighted by atomic mass is 19.4. The molecule has 2 aliphatic rings. The van der Waals surface area contributed by atoms with Gasteiger partial charge in [0.05, 0.1) is 28.2 Å². The number of fused-ring (bicyclic) bond motifs is 8. The molecule has 5 rings (SSSR count). The van der Waals surface area contributed by atoms with Gasteiger partial charge in [-0.05, 0) is 30.3 Å². The highest BCUT2D eigenvalue weighted by molar-refractivity contribution is 6.13. The van der Waals surface area contributed by atoms with E-state index in [1.165, 1.54) is 17.0 Å². The molecular weight excluding hydrogens is 492 g/mol. The summed E-state index contributed by atoms with van der Waals surface area (Å²) in [6, 6.07) is 5.43. The fourth-order valence-corrected chi connectivity index (χ4v) is 4.31. The molecule has 0 atom stereocenters. The standard InChI is InChI=1S/C23H17F6N5O2/c24-14-1-2-16-12(20(14)26)9-30-5-6-31-21-17(3-4-19(35)32-21)34-10-33(16)18-8-13(23(27,28)29)15(25)7-11(18)22(34)36/h1-4,7-8,30H,5-6,9-10H2,(H2,31,32,35). The number of rotatable bonds is 0. The van der Waals surface area contributed by atoms with Gasteiger partial charge in [0.25, 0.3) is 5.91 Å². The third-order valence-corrected chi connectivity index (χ3v) is 6.00. The van der Waals surface area contributed by atoms with Gasteiger partial charge in [0.15, 0.2) is 11.6 Å². The van der Waals surface area contributed by atoms with Crippen molar-refractivity contribution in [3.63, 3.8) is 0 Å².